The summed E-state index contributed by atoms with van der Waals surface area (Å²) < 4.78 is 6.38. The molecule has 5 N–H and O–H groups in total. The standard InChI is InChI=1S/C38H45N5O8S3/c1-21(2)36(50)51-15-14-40-32(45)22(3)16-28(35(48)49)18-27(31(39)44)17-26(25-12-10-24(11-13-25)20-53-38-42-41-37(52)54-38)19-30-23(4)33(46)43(34(30)47)29-8-6-5-7-9-29/h5-13,22-23,26-28,30H,1,14-20H2,2-4H3,(H2,39,44)(H,40,45)(H,41,52)(H,48,49). The lowest BCUT2D eigenvalue weighted by molar-refractivity contribution is -0.144. The molecule has 0 saturated carbocycles. The van der Waals surface area contributed by atoms with Crippen molar-refractivity contribution in [1.82, 2.24) is 15.5 Å². The number of ether oxygens (including phenoxy) is 1. The number of carbonyl (C=O) groups excluding carboxylic acids is 5. The van der Waals surface area contributed by atoms with Gasteiger partial charge in [-0.15, -0.1) is 0 Å². The monoisotopic (exact) mass is 795 g/mol. The van der Waals surface area contributed by atoms with Crippen LogP contribution in [-0.4, -0.2) is 64.0 Å². The molecule has 3 aromatic rings. The van der Waals surface area contributed by atoms with Crippen LogP contribution in [0.3, 0.4) is 0 Å². The zero-order chi connectivity index (χ0) is 39.5. The molecule has 1 fully saturated rings. The van der Waals surface area contributed by atoms with Gasteiger partial charge in [0.1, 0.15) is 6.61 Å². The van der Waals surface area contributed by atoms with Gasteiger partial charge in [-0.05, 0) is 74.0 Å². The summed E-state index contributed by atoms with van der Waals surface area (Å²) in [5.74, 6) is -7.49. The number of nitrogens with zero attached hydrogens (tertiary/aromatic N) is 2. The van der Waals surface area contributed by atoms with Crippen molar-refractivity contribution in [3.8, 4) is 0 Å². The number of imide groups is 1. The number of carbonyl (C=O) groups is 6. The van der Waals surface area contributed by atoms with Gasteiger partial charge in [0.2, 0.25) is 23.6 Å². The largest absolute Gasteiger partial charge is 0.481 e. The maximum Gasteiger partial charge on any atom is 0.333 e. The summed E-state index contributed by atoms with van der Waals surface area (Å²) in [5, 5.41) is 19.8. The van der Waals surface area contributed by atoms with Crippen LogP contribution in [0, 0.1) is 33.5 Å². The minimum Gasteiger partial charge on any atom is -0.481 e. The van der Waals surface area contributed by atoms with E-state index in [9.17, 15) is 33.9 Å². The summed E-state index contributed by atoms with van der Waals surface area (Å²) >= 11 is 8.03. The number of hydrogen-bond donors (Lipinski definition) is 4. The molecule has 1 aliphatic heterocycles. The zero-order valence-corrected chi connectivity index (χ0v) is 32.8. The predicted octanol–water partition coefficient (Wildman–Crippen LogP) is 5.64. The smallest absolute Gasteiger partial charge is 0.333 e. The van der Waals surface area contributed by atoms with Crippen LogP contribution in [0.2, 0.25) is 0 Å². The lowest BCUT2D eigenvalue weighted by Crippen LogP contribution is -2.35. The number of benzene rings is 2. The fourth-order valence-electron chi connectivity index (χ4n) is 6.45. The summed E-state index contributed by atoms with van der Waals surface area (Å²) in [6.07, 6.45) is 0.128. The first kappa shape index (κ1) is 42.1. The number of aromatic amines is 1. The highest BCUT2D eigenvalue weighted by Crippen LogP contribution is 2.41. The van der Waals surface area contributed by atoms with E-state index in [0.29, 0.717) is 15.4 Å². The second-order valence-electron chi connectivity index (χ2n) is 13.5. The summed E-state index contributed by atoms with van der Waals surface area (Å²) in [7, 11) is 0. The van der Waals surface area contributed by atoms with Gasteiger partial charge in [-0.3, -0.25) is 34.0 Å². The van der Waals surface area contributed by atoms with Crippen LogP contribution >= 0.6 is 35.3 Å². The van der Waals surface area contributed by atoms with Gasteiger partial charge in [0.15, 0.2) is 8.29 Å². The molecule has 0 aliphatic carbocycles. The lowest BCUT2D eigenvalue weighted by Gasteiger charge is -2.27. The molecular weight excluding hydrogens is 751 g/mol. The Balaban J connectivity index is 1.53. The van der Waals surface area contributed by atoms with Crippen molar-refractivity contribution in [2.45, 2.75) is 62.5 Å². The molecule has 13 nitrogen and oxygen atoms in total. The van der Waals surface area contributed by atoms with Crippen LogP contribution < -0.4 is 16.0 Å². The molecule has 6 unspecified atom stereocenters. The number of primary amides is 1. The molecule has 2 heterocycles. The van der Waals surface area contributed by atoms with E-state index in [4.69, 9.17) is 22.7 Å². The number of carboxylic acid groups (broad SMARTS) is 1. The second kappa shape index (κ2) is 19.6. The van der Waals surface area contributed by atoms with E-state index in [1.807, 2.05) is 24.3 Å². The number of H-pyrrole nitrogens is 1. The normalized spacial score (nSPS) is 17.7. The van der Waals surface area contributed by atoms with Gasteiger partial charge in [0, 0.05) is 29.1 Å². The van der Waals surface area contributed by atoms with Crippen molar-refractivity contribution in [3.63, 3.8) is 0 Å². The summed E-state index contributed by atoms with van der Waals surface area (Å²) in [6.45, 7) is 8.26. The highest BCUT2D eigenvalue weighted by atomic mass is 32.2. The van der Waals surface area contributed by atoms with Gasteiger partial charge in [-0.2, -0.15) is 5.10 Å². The Kier molecular flexibility index (Phi) is 15.3. The molecule has 1 aromatic heterocycles. The van der Waals surface area contributed by atoms with Crippen LogP contribution in [0.1, 0.15) is 63.5 Å². The fraction of sp³-hybridized carbons (Fsp3) is 0.421. The third-order valence-electron chi connectivity index (χ3n) is 9.49. The summed E-state index contributed by atoms with van der Waals surface area (Å²) in [5.41, 5.74) is 8.44. The highest BCUT2D eigenvalue weighted by Gasteiger charge is 2.47. The molecule has 54 heavy (non-hydrogen) atoms. The number of amides is 4. The first-order valence-electron chi connectivity index (χ1n) is 17.5. The number of nitrogens with two attached hydrogens (primary N) is 1. The Bertz CT molecular complexity index is 1900. The van der Waals surface area contributed by atoms with Crippen LogP contribution in [-0.2, 0) is 39.3 Å². The zero-order valence-electron chi connectivity index (χ0n) is 30.3. The van der Waals surface area contributed by atoms with E-state index in [-0.39, 0.29) is 56.2 Å². The third-order valence-corrected chi connectivity index (χ3v) is 11.8. The van der Waals surface area contributed by atoms with Crippen LogP contribution in [0.5, 0.6) is 0 Å². The number of para-hydroxylation sites is 1. The van der Waals surface area contributed by atoms with E-state index >= 15 is 0 Å². The predicted molar refractivity (Wildman–Crippen MR) is 208 cm³/mol. The van der Waals surface area contributed by atoms with Crippen molar-refractivity contribution in [3.05, 3.63) is 81.8 Å². The summed E-state index contributed by atoms with van der Waals surface area (Å²) in [6, 6.07) is 16.4. The molecule has 4 rings (SSSR count). The Morgan fingerprint density at radius 3 is 2.35 bits per heavy atom. The molecule has 1 saturated heterocycles. The number of thioether (sulfide) groups is 1. The fourth-order valence-corrected chi connectivity index (χ4v) is 8.48. The van der Waals surface area contributed by atoms with E-state index in [1.165, 1.54) is 34.9 Å². The molecule has 0 bridgehead atoms. The molecule has 1 aliphatic rings. The van der Waals surface area contributed by atoms with Gasteiger partial charge in [-0.1, -0.05) is 86.0 Å². The minimum absolute atomic E-state index is 0.0323. The number of carboxylic acids is 1. The van der Waals surface area contributed by atoms with Crippen molar-refractivity contribution >= 4 is 76.6 Å². The van der Waals surface area contributed by atoms with Crippen molar-refractivity contribution in [1.29, 1.82) is 0 Å². The van der Waals surface area contributed by atoms with Gasteiger partial charge in [0.05, 0.1) is 24.1 Å². The van der Waals surface area contributed by atoms with E-state index in [0.717, 1.165) is 15.5 Å². The van der Waals surface area contributed by atoms with Crippen molar-refractivity contribution in [2.24, 2.45) is 35.3 Å². The highest BCUT2D eigenvalue weighted by molar-refractivity contribution is 8.00. The maximum atomic E-state index is 13.9. The van der Waals surface area contributed by atoms with Gasteiger partial charge in [-0.25, -0.2) is 4.79 Å². The molecule has 6 atom stereocenters. The molecule has 2 aromatic carbocycles. The maximum absolute atomic E-state index is 13.9. The van der Waals surface area contributed by atoms with Gasteiger partial charge >= 0.3 is 11.9 Å². The number of nitrogens with one attached hydrogen (secondary N) is 2. The Labute approximate surface area is 327 Å². The molecule has 16 heteroatoms. The van der Waals surface area contributed by atoms with Gasteiger partial charge in [0.25, 0.3) is 0 Å². The van der Waals surface area contributed by atoms with Crippen LogP contribution in [0.4, 0.5) is 5.69 Å². The molecule has 0 spiro atoms. The third kappa shape index (κ3) is 11.4. The van der Waals surface area contributed by atoms with Gasteiger partial charge < -0.3 is 20.9 Å². The summed E-state index contributed by atoms with van der Waals surface area (Å²) in [4.78, 5) is 78.4. The average Bonchev–Trinajstić information content (AvgIpc) is 3.66. The number of anilines is 1. The minimum atomic E-state index is -1.18. The Morgan fingerprint density at radius 1 is 1.07 bits per heavy atom. The van der Waals surface area contributed by atoms with Crippen molar-refractivity contribution in [2.75, 3.05) is 18.1 Å². The number of rotatable bonds is 20. The van der Waals surface area contributed by atoms with Crippen LogP contribution in [0.15, 0.2) is 71.1 Å². The second-order valence-corrected chi connectivity index (χ2v) is 16.4. The Morgan fingerprint density at radius 2 is 1.76 bits per heavy atom. The molecule has 4 amide bonds. The molecular formula is C38H45N5O8S3. The Hall–Kier alpha value is -4.67. The van der Waals surface area contributed by atoms with E-state index < -0.39 is 59.3 Å². The molecule has 288 valence electrons. The lowest BCUT2D eigenvalue weighted by atomic mass is 9.76. The first-order chi connectivity index (χ1) is 25.7. The number of aliphatic carboxylic acids is 1. The first-order valence-corrected chi connectivity index (χ1v) is 19.7. The molecule has 0 radical (unpaired) electrons. The number of esters is 1. The van der Waals surface area contributed by atoms with Crippen molar-refractivity contribution < 1.29 is 38.6 Å². The van der Waals surface area contributed by atoms with E-state index in [2.05, 4.69) is 22.1 Å². The average molecular weight is 796 g/mol. The van der Waals surface area contributed by atoms with Crippen LogP contribution in [0.25, 0.3) is 0 Å². The number of hydrogen-bond acceptors (Lipinski definition) is 11. The number of aromatic nitrogens is 2. The topological polar surface area (TPSA) is 202 Å². The SMILES string of the molecule is C=C(C)C(=O)OCCNC(=O)C(C)CC(CC(CC(CC1C(=O)N(c2ccccc2)C(=O)C1C)c1ccc(CSc2n[nH]c(=S)s2)cc1)C(N)=O)C(=O)O. The quantitative estimate of drug-likeness (QED) is 0.0276. The van der Waals surface area contributed by atoms with E-state index in [1.54, 1.807) is 44.2 Å².